The van der Waals surface area contributed by atoms with E-state index in [0.717, 1.165) is 24.3 Å². The van der Waals surface area contributed by atoms with Crippen LogP contribution >= 0.6 is 11.3 Å². The Kier molecular flexibility index (Phi) is 4.95. The first-order chi connectivity index (χ1) is 13.2. The number of alkyl halides is 3. The Labute approximate surface area is 159 Å². The summed E-state index contributed by atoms with van der Waals surface area (Å²) in [5.41, 5.74) is -1.20. The van der Waals surface area contributed by atoms with Gasteiger partial charge in [-0.05, 0) is 24.3 Å². The number of carbonyl (C=O) groups is 2. The van der Waals surface area contributed by atoms with Crippen LogP contribution in [-0.4, -0.2) is 11.9 Å². The van der Waals surface area contributed by atoms with E-state index < -0.39 is 41.0 Å². The number of esters is 2. The normalized spacial score (nSPS) is 11.4. The molecule has 1 heterocycles. The fourth-order valence-corrected chi connectivity index (χ4v) is 3.86. The van der Waals surface area contributed by atoms with Crippen LogP contribution in [0.5, 0.6) is 11.5 Å². The first kappa shape index (κ1) is 19.6. The van der Waals surface area contributed by atoms with Gasteiger partial charge in [0.05, 0.1) is 9.40 Å². The fraction of sp³-hybridized carbons (Fsp3) is 0.0526. The molecule has 0 aliphatic carbocycles. The number of thiophene rings is 1. The standard InChI is InChI=1S/C19H10F4O4S/c1-3-13(24)26-11-7-5-9-10-6-8-12(27-14(25)4-2)16(20)18(10)28-17(9)15(11)19(21,22)23/h3-8H,1-2H2. The highest BCUT2D eigenvalue weighted by Crippen LogP contribution is 2.48. The molecule has 0 amide bonds. The molecule has 0 unspecified atom stereocenters. The predicted octanol–water partition coefficient (Wildman–Crippen LogP) is 5.40. The van der Waals surface area contributed by atoms with Crippen LogP contribution < -0.4 is 9.47 Å². The van der Waals surface area contributed by atoms with Crippen molar-refractivity contribution in [1.29, 1.82) is 0 Å². The lowest BCUT2D eigenvalue weighted by molar-refractivity contribution is -0.139. The van der Waals surface area contributed by atoms with Crippen molar-refractivity contribution in [3.8, 4) is 11.5 Å². The number of carbonyl (C=O) groups excluding carboxylic acids is 2. The Hall–Kier alpha value is -3.20. The Morgan fingerprint density at radius 1 is 0.893 bits per heavy atom. The van der Waals surface area contributed by atoms with Gasteiger partial charge in [0.2, 0.25) is 0 Å². The molecule has 0 aliphatic rings. The largest absolute Gasteiger partial charge is 0.423 e. The van der Waals surface area contributed by atoms with Crippen molar-refractivity contribution in [3.63, 3.8) is 0 Å². The Morgan fingerprint density at radius 3 is 1.93 bits per heavy atom. The Morgan fingerprint density at radius 2 is 1.39 bits per heavy atom. The van der Waals surface area contributed by atoms with Gasteiger partial charge in [0, 0.05) is 22.9 Å². The minimum atomic E-state index is -4.87. The molecule has 28 heavy (non-hydrogen) atoms. The molecule has 0 bridgehead atoms. The van der Waals surface area contributed by atoms with Crippen LogP contribution in [0.3, 0.4) is 0 Å². The molecular weight excluding hydrogens is 400 g/mol. The molecule has 1 aromatic heterocycles. The monoisotopic (exact) mass is 410 g/mol. The van der Waals surface area contributed by atoms with Gasteiger partial charge in [0.1, 0.15) is 11.3 Å². The van der Waals surface area contributed by atoms with Crippen LogP contribution in [0.1, 0.15) is 5.56 Å². The lowest BCUT2D eigenvalue weighted by atomic mass is 10.1. The van der Waals surface area contributed by atoms with E-state index in [1.807, 2.05) is 0 Å². The molecular formula is C19H10F4O4S. The molecule has 0 spiro atoms. The highest BCUT2D eigenvalue weighted by Gasteiger charge is 2.38. The maximum Gasteiger partial charge on any atom is 0.421 e. The number of halogens is 4. The van der Waals surface area contributed by atoms with Gasteiger partial charge < -0.3 is 9.47 Å². The van der Waals surface area contributed by atoms with Crippen LogP contribution in [0.4, 0.5) is 17.6 Å². The van der Waals surface area contributed by atoms with E-state index in [4.69, 9.17) is 9.47 Å². The molecule has 0 N–H and O–H groups in total. The topological polar surface area (TPSA) is 52.6 Å². The predicted molar refractivity (Wildman–Crippen MR) is 96.0 cm³/mol. The number of hydrogen-bond acceptors (Lipinski definition) is 5. The van der Waals surface area contributed by atoms with Crippen molar-refractivity contribution in [2.24, 2.45) is 0 Å². The van der Waals surface area contributed by atoms with E-state index in [1.165, 1.54) is 12.1 Å². The zero-order valence-electron chi connectivity index (χ0n) is 13.9. The molecule has 4 nitrogen and oxygen atoms in total. The minimum absolute atomic E-state index is 0.117. The molecule has 3 rings (SSSR count). The van der Waals surface area contributed by atoms with E-state index in [2.05, 4.69) is 13.2 Å². The summed E-state index contributed by atoms with van der Waals surface area (Å²) in [4.78, 5) is 22.7. The van der Waals surface area contributed by atoms with E-state index in [9.17, 15) is 27.2 Å². The lowest BCUT2D eigenvalue weighted by Crippen LogP contribution is -2.11. The van der Waals surface area contributed by atoms with Crippen molar-refractivity contribution in [1.82, 2.24) is 0 Å². The highest BCUT2D eigenvalue weighted by atomic mass is 32.1. The number of rotatable bonds is 4. The average Bonchev–Trinajstić information content (AvgIpc) is 3.01. The number of ether oxygens (including phenoxy) is 2. The smallest absolute Gasteiger partial charge is 0.421 e. The molecule has 0 saturated heterocycles. The van der Waals surface area contributed by atoms with Gasteiger partial charge in [0.25, 0.3) is 0 Å². The minimum Gasteiger partial charge on any atom is -0.423 e. The van der Waals surface area contributed by atoms with E-state index >= 15 is 0 Å². The fourth-order valence-electron chi connectivity index (χ4n) is 2.57. The summed E-state index contributed by atoms with van der Waals surface area (Å²) in [6, 6.07) is 4.77. The van der Waals surface area contributed by atoms with Crippen molar-refractivity contribution < 1.29 is 36.6 Å². The summed E-state index contributed by atoms with van der Waals surface area (Å²) in [7, 11) is 0. The molecule has 9 heteroatoms. The summed E-state index contributed by atoms with van der Waals surface area (Å²) < 4.78 is 64.7. The summed E-state index contributed by atoms with van der Waals surface area (Å²) >= 11 is 0.510. The van der Waals surface area contributed by atoms with E-state index in [1.54, 1.807) is 0 Å². The summed E-state index contributed by atoms with van der Waals surface area (Å²) in [6.07, 6.45) is -3.31. The third-order valence-electron chi connectivity index (χ3n) is 3.71. The van der Waals surface area contributed by atoms with Gasteiger partial charge in [-0.2, -0.15) is 13.2 Å². The molecule has 0 saturated carbocycles. The zero-order valence-corrected chi connectivity index (χ0v) is 14.7. The van der Waals surface area contributed by atoms with Gasteiger partial charge in [0.15, 0.2) is 11.6 Å². The molecule has 2 aromatic carbocycles. The van der Waals surface area contributed by atoms with Crippen molar-refractivity contribution >= 4 is 43.4 Å². The summed E-state index contributed by atoms with van der Waals surface area (Å²) in [6.45, 7) is 6.34. The second kappa shape index (κ2) is 7.08. The molecule has 0 aliphatic heterocycles. The Bertz CT molecular complexity index is 1140. The van der Waals surface area contributed by atoms with Crippen LogP contribution in [0.25, 0.3) is 20.2 Å². The van der Waals surface area contributed by atoms with Crippen molar-refractivity contribution in [2.75, 3.05) is 0 Å². The Balaban J connectivity index is 2.30. The van der Waals surface area contributed by atoms with E-state index in [-0.39, 0.29) is 20.2 Å². The van der Waals surface area contributed by atoms with Gasteiger partial charge in [-0.15, -0.1) is 11.3 Å². The van der Waals surface area contributed by atoms with Crippen molar-refractivity contribution in [2.45, 2.75) is 6.18 Å². The second-order valence-electron chi connectivity index (χ2n) is 5.42. The lowest BCUT2D eigenvalue weighted by Gasteiger charge is -2.13. The zero-order chi connectivity index (χ0) is 20.6. The van der Waals surface area contributed by atoms with Crippen LogP contribution in [0.2, 0.25) is 0 Å². The van der Waals surface area contributed by atoms with Crippen LogP contribution in [-0.2, 0) is 15.8 Å². The number of benzene rings is 2. The molecule has 0 atom stereocenters. The maximum absolute atomic E-state index is 14.7. The highest BCUT2D eigenvalue weighted by molar-refractivity contribution is 7.26. The SMILES string of the molecule is C=CC(=O)Oc1ccc2c(sc3c(C(F)(F)F)c(OC(=O)C=C)ccc32)c1F. The molecule has 0 fully saturated rings. The first-order valence-electron chi connectivity index (χ1n) is 7.60. The molecule has 3 aromatic rings. The maximum atomic E-state index is 14.7. The number of hydrogen-bond donors (Lipinski definition) is 0. The van der Waals surface area contributed by atoms with E-state index in [0.29, 0.717) is 11.3 Å². The van der Waals surface area contributed by atoms with Crippen LogP contribution in [0, 0.1) is 5.82 Å². The first-order valence-corrected chi connectivity index (χ1v) is 8.42. The van der Waals surface area contributed by atoms with Gasteiger partial charge in [-0.25, -0.2) is 14.0 Å². The van der Waals surface area contributed by atoms with Gasteiger partial charge in [-0.3, -0.25) is 0 Å². The quantitative estimate of drug-likeness (QED) is 0.250. The number of fused-ring (bicyclic) bond motifs is 3. The van der Waals surface area contributed by atoms with Gasteiger partial charge >= 0.3 is 18.1 Å². The third-order valence-corrected chi connectivity index (χ3v) is 4.94. The second-order valence-corrected chi connectivity index (χ2v) is 6.44. The van der Waals surface area contributed by atoms with Gasteiger partial charge in [-0.1, -0.05) is 13.2 Å². The summed E-state index contributed by atoms with van der Waals surface area (Å²) in [5, 5.41) is 0.314. The van der Waals surface area contributed by atoms with Crippen LogP contribution in [0.15, 0.2) is 49.6 Å². The van der Waals surface area contributed by atoms with Crippen molar-refractivity contribution in [3.05, 3.63) is 61.0 Å². The molecule has 144 valence electrons. The summed E-state index contributed by atoms with van der Waals surface area (Å²) in [5.74, 6) is -4.10. The third kappa shape index (κ3) is 3.36. The molecule has 0 radical (unpaired) electrons. The average molecular weight is 410 g/mol.